The van der Waals surface area contributed by atoms with Crippen LogP contribution in [0.3, 0.4) is 0 Å². The molecule has 2 aromatic carbocycles. The smallest absolute Gasteiger partial charge is 0.338 e. The van der Waals surface area contributed by atoms with Crippen LogP contribution in [0.5, 0.6) is 0 Å². The van der Waals surface area contributed by atoms with Gasteiger partial charge >= 0.3 is 5.97 Å². The van der Waals surface area contributed by atoms with Crippen molar-refractivity contribution < 1.29 is 14.3 Å². The fourth-order valence-electron chi connectivity index (χ4n) is 2.15. The van der Waals surface area contributed by atoms with E-state index >= 15 is 0 Å². The largest absolute Gasteiger partial charge is 0.449 e. The van der Waals surface area contributed by atoms with Crippen molar-refractivity contribution in [3.63, 3.8) is 0 Å². The van der Waals surface area contributed by atoms with Gasteiger partial charge in [0.25, 0.3) is 5.91 Å². The van der Waals surface area contributed by atoms with Crippen molar-refractivity contribution in [2.45, 2.75) is 13.0 Å². The molecule has 7 heteroatoms. The van der Waals surface area contributed by atoms with Gasteiger partial charge < -0.3 is 4.74 Å². The SMILES string of the molecule is CC(OC(=O)c1ccc(I)cc1)C(=O)Nc1nc(-c2ccccc2)cs1. The zero-order chi connectivity index (χ0) is 18.5. The van der Waals surface area contributed by atoms with Crippen molar-refractivity contribution >= 4 is 50.9 Å². The number of amides is 1. The average Bonchev–Trinajstić information content (AvgIpc) is 3.11. The van der Waals surface area contributed by atoms with E-state index in [2.05, 4.69) is 32.9 Å². The Morgan fingerprint density at radius 3 is 2.50 bits per heavy atom. The first-order valence-electron chi connectivity index (χ1n) is 7.81. The topological polar surface area (TPSA) is 68.3 Å². The number of hydrogen-bond acceptors (Lipinski definition) is 5. The van der Waals surface area contributed by atoms with E-state index in [4.69, 9.17) is 4.74 Å². The molecule has 3 aromatic rings. The lowest BCUT2D eigenvalue weighted by Crippen LogP contribution is -2.29. The van der Waals surface area contributed by atoms with Crippen molar-refractivity contribution in [3.8, 4) is 11.3 Å². The van der Waals surface area contributed by atoms with Crippen LogP contribution in [-0.2, 0) is 9.53 Å². The fraction of sp³-hybridized carbons (Fsp3) is 0.105. The van der Waals surface area contributed by atoms with Crippen LogP contribution in [0.2, 0.25) is 0 Å². The van der Waals surface area contributed by atoms with Crippen LogP contribution in [0.25, 0.3) is 11.3 Å². The van der Waals surface area contributed by atoms with Crippen molar-refractivity contribution in [2.75, 3.05) is 5.32 Å². The van der Waals surface area contributed by atoms with Gasteiger partial charge in [-0.05, 0) is 53.8 Å². The quantitative estimate of drug-likeness (QED) is 0.430. The maximum atomic E-state index is 12.3. The van der Waals surface area contributed by atoms with Gasteiger partial charge in [-0.1, -0.05) is 30.3 Å². The van der Waals surface area contributed by atoms with Gasteiger partial charge in [-0.25, -0.2) is 9.78 Å². The highest BCUT2D eigenvalue weighted by molar-refractivity contribution is 14.1. The van der Waals surface area contributed by atoms with Gasteiger partial charge in [0.05, 0.1) is 11.3 Å². The van der Waals surface area contributed by atoms with Gasteiger partial charge in [-0.15, -0.1) is 11.3 Å². The maximum absolute atomic E-state index is 12.3. The molecule has 0 bridgehead atoms. The number of rotatable bonds is 5. The number of carbonyl (C=O) groups is 2. The van der Waals surface area contributed by atoms with Gasteiger partial charge in [0.15, 0.2) is 11.2 Å². The summed E-state index contributed by atoms with van der Waals surface area (Å²) in [5, 5.41) is 5.02. The highest BCUT2D eigenvalue weighted by Crippen LogP contribution is 2.24. The molecule has 1 amide bonds. The van der Waals surface area contributed by atoms with E-state index in [1.807, 2.05) is 47.8 Å². The third kappa shape index (κ3) is 4.67. The second-order valence-electron chi connectivity index (χ2n) is 5.45. The van der Waals surface area contributed by atoms with Gasteiger partial charge in [-0.2, -0.15) is 0 Å². The van der Waals surface area contributed by atoms with Crippen molar-refractivity contribution in [2.24, 2.45) is 0 Å². The number of nitrogens with zero attached hydrogens (tertiary/aromatic N) is 1. The first-order valence-corrected chi connectivity index (χ1v) is 9.77. The summed E-state index contributed by atoms with van der Waals surface area (Å²) in [6.07, 6.45) is -0.925. The predicted molar refractivity (Wildman–Crippen MR) is 110 cm³/mol. The van der Waals surface area contributed by atoms with E-state index in [9.17, 15) is 9.59 Å². The Kier molecular flexibility index (Phi) is 6.00. The maximum Gasteiger partial charge on any atom is 0.338 e. The first-order chi connectivity index (χ1) is 12.5. The number of anilines is 1. The minimum atomic E-state index is -0.925. The molecule has 0 fully saturated rings. The van der Waals surface area contributed by atoms with E-state index in [1.54, 1.807) is 12.1 Å². The zero-order valence-electron chi connectivity index (χ0n) is 13.8. The molecule has 0 radical (unpaired) electrons. The Labute approximate surface area is 168 Å². The van der Waals surface area contributed by atoms with Crippen LogP contribution in [0.4, 0.5) is 5.13 Å². The van der Waals surface area contributed by atoms with Crippen LogP contribution in [-0.4, -0.2) is 23.0 Å². The van der Waals surface area contributed by atoms with Gasteiger partial charge in [0, 0.05) is 14.5 Å². The van der Waals surface area contributed by atoms with Gasteiger partial charge in [-0.3, -0.25) is 10.1 Å². The summed E-state index contributed by atoms with van der Waals surface area (Å²) in [6, 6.07) is 16.6. The molecule has 0 aliphatic heterocycles. The standard InChI is InChI=1S/C19H15IN2O3S/c1-12(25-18(24)14-7-9-15(20)10-8-14)17(23)22-19-21-16(11-26-19)13-5-3-2-4-6-13/h2-12H,1H3,(H,21,22,23). The molecule has 1 atom stereocenters. The summed E-state index contributed by atoms with van der Waals surface area (Å²) in [5.74, 6) is -0.953. The molecule has 26 heavy (non-hydrogen) atoms. The minimum Gasteiger partial charge on any atom is -0.449 e. The number of carbonyl (C=O) groups excluding carboxylic acids is 2. The van der Waals surface area contributed by atoms with Gasteiger partial charge in [0.2, 0.25) is 0 Å². The second kappa shape index (κ2) is 8.41. The van der Waals surface area contributed by atoms with Crippen molar-refractivity contribution in [3.05, 3.63) is 69.1 Å². The number of hydrogen-bond donors (Lipinski definition) is 1. The highest BCUT2D eigenvalue weighted by atomic mass is 127. The van der Waals surface area contributed by atoms with E-state index in [0.29, 0.717) is 10.7 Å². The summed E-state index contributed by atoms with van der Waals surface area (Å²) < 4.78 is 6.24. The Morgan fingerprint density at radius 1 is 1.12 bits per heavy atom. The lowest BCUT2D eigenvalue weighted by molar-refractivity contribution is -0.123. The minimum absolute atomic E-state index is 0.408. The number of ether oxygens (including phenoxy) is 1. The van der Waals surface area contributed by atoms with Crippen molar-refractivity contribution in [1.29, 1.82) is 0 Å². The van der Waals surface area contributed by atoms with Crippen LogP contribution < -0.4 is 5.32 Å². The Hall–Kier alpha value is -2.26. The molecule has 0 saturated carbocycles. The summed E-state index contributed by atoms with van der Waals surface area (Å²) >= 11 is 3.48. The molecule has 1 unspecified atom stereocenters. The predicted octanol–water partition coefficient (Wildman–Crippen LogP) is 4.60. The Bertz CT molecular complexity index is 910. The van der Waals surface area contributed by atoms with Crippen LogP contribution in [0.15, 0.2) is 60.0 Å². The lowest BCUT2D eigenvalue weighted by Gasteiger charge is -2.12. The van der Waals surface area contributed by atoms with E-state index in [0.717, 1.165) is 14.8 Å². The Morgan fingerprint density at radius 2 is 1.81 bits per heavy atom. The van der Waals surface area contributed by atoms with E-state index in [-0.39, 0.29) is 0 Å². The molecule has 0 aliphatic rings. The molecule has 0 spiro atoms. The normalized spacial score (nSPS) is 11.6. The molecule has 3 rings (SSSR count). The third-order valence-corrected chi connectivity index (χ3v) is 5.01. The fourth-order valence-corrected chi connectivity index (χ4v) is 3.23. The summed E-state index contributed by atoms with van der Waals surface area (Å²) in [5.41, 5.74) is 2.17. The zero-order valence-corrected chi connectivity index (χ0v) is 16.8. The lowest BCUT2D eigenvalue weighted by atomic mass is 10.2. The number of nitrogens with one attached hydrogen (secondary N) is 1. The third-order valence-electron chi connectivity index (χ3n) is 3.54. The molecule has 1 N–H and O–H groups in total. The molecule has 0 saturated heterocycles. The number of benzene rings is 2. The van der Waals surface area contributed by atoms with Crippen LogP contribution >= 0.6 is 33.9 Å². The van der Waals surface area contributed by atoms with Gasteiger partial charge in [0.1, 0.15) is 0 Å². The summed E-state index contributed by atoms with van der Waals surface area (Å²) in [7, 11) is 0. The van der Waals surface area contributed by atoms with Crippen molar-refractivity contribution in [1.82, 2.24) is 4.98 Å². The van der Waals surface area contributed by atoms with E-state index < -0.39 is 18.0 Å². The molecule has 1 aromatic heterocycles. The van der Waals surface area contributed by atoms with Crippen LogP contribution in [0, 0.1) is 3.57 Å². The number of thiazole rings is 1. The van der Waals surface area contributed by atoms with E-state index in [1.165, 1.54) is 18.3 Å². The summed E-state index contributed by atoms with van der Waals surface area (Å²) in [4.78, 5) is 28.7. The number of esters is 1. The molecular weight excluding hydrogens is 463 g/mol. The van der Waals surface area contributed by atoms with Crippen LogP contribution in [0.1, 0.15) is 17.3 Å². The molecule has 0 aliphatic carbocycles. The monoisotopic (exact) mass is 478 g/mol. The first kappa shape index (κ1) is 18.5. The molecule has 132 valence electrons. The molecule has 5 nitrogen and oxygen atoms in total. The summed E-state index contributed by atoms with van der Waals surface area (Å²) in [6.45, 7) is 1.53. The molecule has 1 heterocycles. The number of aromatic nitrogens is 1. The number of halogens is 1. The Balaban J connectivity index is 1.60. The second-order valence-corrected chi connectivity index (χ2v) is 7.55. The molecular formula is C19H15IN2O3S. The highest BCUT2D eigenvalue weighted by Gasteiger charge is 2.20. The average molecular weight is 478 g/mol.